The van der Waals surface area contributed by atoms with Crippen LogP contribution in [0.5, 0.6) is 0 Å². The van der Waals surface area contributed by atoms with E-state index in [1.165, 1.54) is 6.07 Å². The molecule has 96 valence electrons. The van der Waals surface area contributed by atoms with Gasteiger partial charge in [0.1, 0.15) is 0 Å². The van der Waals surface area contributed by atoms with Crippen LogP contribution in [0.1, 0.15) is 18.1 Å². The normalized spacial score (nSPS) is 17.6. The molecule has 0 saturated carbocycles. The van der Waals surface area contributed by atoms with Gasteiger partial charge in [0, 0.05) is 4.47 Å². The van der Waals surface area contributed by atoms with Gasteiger partial charge in [-0.3, -0.25) is 0 Å². The van der Waals surface area contributed by atoms with Crippen molar-refractivity contribution in [1.29, 1.82) is 0 Å². The van der Waals surface area contributed by atoms with Crippen molar-refractivity contribution in [3.05, 3.63) is 33.8 Å². The number of alkyl halides is 3. The molecule has 1 aromatic rings. The van der Waals surface area contributed by atoms with Gasteiger partial charge in [0.25, 0.3) is 0 Å². The molecule has 1 aromatic carbocycles. The van der Waals surface area contributed by atoms with Gasteiger partial charge in [-0.25, -0.2) is 0 Å². The molecule has 0 spiro atoms. The Morgan fingerprint density at radius 2 is 1.82 bits per heavy atom. The minimum absolute atomic E-state index is 0.391. The summed E-state index contributed by atoms with van der Waals surface area (Å²) in [5.41, 5.74) is -2.91. The summed E-state index contributed by atoms with van der Waals surface area (Å²) in [5, 5.41) is 19.0. The molecule has 1 rings (SSSR count). The number of benzene rings is 1. The van der Waals surface area contributed by atoms with E-state index in [4.69, 9.17) is 0 Å². The largest absolute Gasteiger partial charge is 0.424 e. The van der Waals surface area contributed by atoms with Crippen LogP contribution >= 0.6 is 15.9 Å². The highest BCUT2D eigenvalue weighted by Crippen LogP contribution is 2.42. The standard InChI is InChI=1S/C11H12BrF3O2/c1-6-3-4-8(5-9(6)12)10(17,7(2)16)11(13,14)15/h3-5,7,16-17H,1-2H3. The lowest BCUT2D eigenvalue weighted by Gasteiger charge is -2.33. The van der Waals surface area contributed by atoms with Crippen molar-refractivity contribution in [2.75, 3.05) is 0 Å². The molecule has 0 aliphatic carbocycles. The third-order valence-corrected chi connectivity index (χ3v) is 3.50. The van der Waals surface area contributed by atoms with Crippen LogP contribution in [0.15, 0.2) is 22.7 Å². The molecular formula is C11H12BrF3O2. The number of hydrogen-bond acceptors (Lipinski definition) is 2. The summed E-state index contributed by atoms with van der Waals surface area (Å²) in [6, 6.07) is 3.76. The van der Waals surface area contributed by atoms with Crippen molar-refractivity contribution in [3.63, 3.8) is 0 Å². The predicted molar refractivity (Wildman–Crippen MR) is 60.5 cm³/mol. The molecule has 0 fully saturated rings. The van der Waals surface area contributed by atoms with Crippen LogP contribution in [-0.4, -0.2) is 22.5 Å². The topological polar surface area (TPSA) is 40.5 Å². The second kappa shape index (κ2) is 4.59. The fourth-order valence-electron chi connectivity index (χ4n) is 1.47. The molecule has 0 radical (unpaired) electrons. The summed E-state index contributed by atoms with van der Waals surface area (Å²) < 4.78 is 39.0. The third kappa shape index (κ3) is 2.48. The van der Waals surface area contributed by atoms with Crippen LogP contribution < -0.4 is 0 Å². The molecule has 0 bridgehead atoms. The van der Waals surface area contributed by atoms with E-state index < -0.39 is 23.4 Å². The van der Waals surface area contributed by atoms with E-state index in [2.05, 4.69) is 15.9 Å². The van der Waals surface area contributed by atoms with Gasteiger partial charge in [0.05, 0.1) is 6.10 Å². The highest BCUT2D eigenvalue weighted by molar-refractivity contribution is 9.10. The number of halogens is 4. The maximum atomic E-state index is 12.8. The van der Waals surface area contributed by atoms with Gasteiger partial charge < -0.3 is 10.2 Å². The Labute approximate surface area is 105 Å². The highest BCUT2D eigenvalue weighted by atomic mass is 79.9. The molecule has 0 aliphatic rings. The van der Waals surface area contributed by atoms with Gasteiger partial charge >= 0.3 is 6.18 Å². The minimum atomic E-state index is -4.95. The fraction of sp³-hybridized carbons (Fsp3) is 0.455. The van der Waals surface area contributed by atoms with Crippen LogP contribution in [0.3, 0.4) is 0 Å². The lowest BCUT2D eigenvalue weighted by atomic mass is 9.88. The molecule has 2 unspecified atom stereocenters. The van der Waals surface area contributed by atoms with Crippen molar-refractivity contribution in [2.45, 2.75) is 31.7 Å². The second-order valence-electron chi connectivity index (χ2n) is 3.90. The van der Waals surface area contributed by atoms with E-state index in [0.29, 0.717) is 4.47 Å². The average Bonchev–Trinajstić information content (AvgIpc) is 2.19. The van der Waals surface area contributed by atoms with Crippen LogP contribution in [0.2, 0.25) is 0 Å². The Kier molecular flexibility index (Phi) is 3.91. The Balaban J connectivity index is 3.39. The first kappa shape index (κ1) is 14.5. The molecule has 0 heterocycles. The van der Waals surface area contributed by atoms with Gasteiger partial charge in [0.2, 0.25) is 5.60 Å². The second-order valence-corrected chi connectivity index (χ2v) is 4.76. The van der Waals surface area contributed by atoms with Gasteiger partial charge in [0.15, 0.2) is 0 Å². The summed E-state index contributed by atoms with van der Waals surface area (Å²) in [5.74, 6) is 0. The van der Waals surface area contributed by atoms with Crippen molar-refractivity contribution in [2.24, 2.45) is 0 Å². The molecule has 0 saturated heterocycles. The predicted octanol–water partition coefficient (Wildman–Crippen LogP) is 2.89. The molecule has 2 nitrogen and oxygen atoms in total. The summed E-state index contributed by atoms with van der Waals surface area (Å²) in [4.78, 5) is 0. The number of rotatable bonds is 2. The van der Waals surface area contributed by atoms with Crippen LogP contribution in [0.25, 0.3) is 0 Å². The van der Waals surface area contributed by atoms with Crippen molar-refractivity contribution < 1.29 is 23.4 Å². The Bertz CT molecular complexity index is 418. The van der Waals surface area contributed by atoms with E-state index in [-0.39, 0.29) is 0 Å². The Morgan fingerprint density at radius 3 is 2.18 bits per heavy atom. The monoisotopic (exact) mass is 312 g/mol. The lowest BCUT2D eigenvalue weighted by molar-refractivity contribution is -0.295. The van der Waals surface area contributed by atoms with Gasteiger partial charge in [-0.15, -0.1) is 0 Å². The highest BCUT2D eigenvalue weighted by Gasteiger charge is 2.58. The first-order chi connectivity index (χ1) is 7.60. The summed E-state index contributed by atoms with van der Waals surface area (Å²) >= 11 is 3.09. The zero-order chi connectivity index (χ0) is 13.4. The molecule has 2 N–H and O–H groups in total. The first-order valence-corrected chi connectivity index (χ1v) is 5.63. The van der Waals surface area contributed by atoms with Crippen LogP contribution in [-0.2, 0) is 5.60 Å². The SMILES string of the molecule is Cc1ccc(C(O)(C(C)O)C(F)(F)F)cc1Br. The molecule has 2 atom stereocenters. The van der Waals surface area contributed by atoms with E-state index in [0.717, 1.165) is 24.6 Å². The molecule has 0 aromatic heterocycles. The molecule has 0 aliphatic heterocycles. The number of hydrogen-bond donors (Lipinski definition) is 2. The third-order valence-electron chi connectivity index (χ3n) is 2.65. The lowest BCUT2D eigenvalue weighted by Crippen LogP contribution is -2.50. The van der Waals surface area contributed by atoms with Gasteiger partial charge in [-0.2, -0.15) is 13.2 Å². The maximum absolute atomic E-state index is 12.8. The Hall–Kier alpha value is -0.590. The fourth-order valence-corrected chi connectivity index (χ4v) is 1.85. The quantitative estimate of drug-likeness (QED) is 0.881. The van der Waals surface area contributed by atoms with Crippen molar-refractivity contribution in [3.8, 4) is 0 Å². The molecule has 6 heteroatoms. The van der Waals surface area contributed by atoms with Gasteiger partial charge in [-0.05, 0) is 31.0 Å². The van der Waals surface area contributed by atoms with E-state index >= 15 is 0 Å². The molecular weight excluding hydrogens is 301 g/mol. The average molecular weight is 313 g/mol. The van der Waals surface area contributed by atoms with Crippen LogP contribution in [0.4, 0.5) is 13.2 Å². The van der Waals surface area contributed by atoms with Gasteiger partial charge in [-0.1, -0.05) is 28.1 Å². The minimum Gasteiger partial charge on any atom is -0.390 e. The van der Waals surface area contributed by atoms with E-state index in [9.17, 15) is 23.4 Å². The van der Waals surface area contributed by atoms with E-state index in [1.54, 1.807) is 6.92 Å². The van der Waals surface area contributed by atoms with Crippen molar-refractivity contribution in [1.82, 2.24) is 0 Å². The number of aliphatic hydroxyl groups excluding tert-OH is 1. The number of aliphatic hydroxyl groups is 2. The van der Waals surface area contributed by atoms with Crippen molar-refractivity contribution >= 4 is 15.9 Å². The smallest absolute Gasteiger partial charge is 0.390 e. The summed E-state index contributed by atoms with van der Waals surface area (Å²) in [7, 11) is 0. The molecule has 0 amide bonds. The summed E-state index contributed by atoms with van der Waals surface area (Å²) in [6.07, 6.45) is -6.91. The first-order valence-electron chi connectivity index (χ1n) is 4.84. The summed E-state index contributed by atoms with van der Waals surface area (Å²) in [6.45, 7) is 2.62. The Morgan fingerprint density at radius 1 is 1.29 bits per heavy atom. The zero-order valence-electron chi connectivity index (χ0n) is 9.22. The number of aryl methyl sites for hydroxylation is 1. The van der Waals surface area contributed by atoms with Crippen LogP contribution in [0, 0.1) is 6.92 Å². The maximum Gasteiger partial charge on any atom is 0.424 e. The zero-order valence-corrected chi connectivity index (χ0v) is 10.8. The molecule has 17 heavy (non-hydrogen) atoms. The van der Waals surface area contributed by atoms with E-state index in [1.807, 2.05) is 0 Å².